The number of aliphatic carboxylic acids is 1. The van der Waals surface area contributed by atoms with E-state index >= 15 is 0 Å². The lowest BCUT2D eigenvalue weighted by Crippen LogP contribution is -2.72. The Morgan fingerprint density at radius 2 is 2.03 bits per heavy atom. The molecule has 0 aromatic heterocycles. The molecular formula is C17H18N4O8S2. The molecule has 1 aromatic rings. The van der Waals surface area contributed by atoms with Crippen LogP contribution in [-0.2, 0) is 29.5 Å². The van der Waals surface area contributed by atoms with Crippen LogP contribution in [0.15, 0.2) is 46.8 Å². The van der Waals surface area contributed by atoms with Crippen molar-refractivity contribution >= 4 is 46.1 Å². The monoisotopic (exact) mass is 470 g/mol. The van der Waals surface area contributed by atoms with E-state index in [1.54, 1.807) is 18.2 Å². The van der Waals surface area contributed by atoms with Gasteiger partial charge in [-0.05, 0) is 5.56 Å². The maximum Gasteiger partial charge on any atom is 0.363 e. The smallest absolute Gasteiger partial charge is 0.363 e. The molecule has 3 atom stereocenters. The van der Waals surface area contributed by atoms with Gasteiger partial charge in [-0.1, -0.05) is 35.5 Å². The van der Waals surface area contributed by atoms with Crippen LogP contribution in [0.4, 0.5) is 0 Å². The van der Waals surface area contributed by atoms with Gasteiger partial charge >= 0.3 is 16.3 Å². The van der Waals surface area contributed by atoms with Gasteiger partial charge in [0.15, 0.2) is 6.04 Å². The van der Waals surface area contributed by atoms with Gasteiger partial charge in [0.1, 0.15) is 24.2 Å². The van der Waals surface area contributed by atoms with Crippen molar-refractivity contribution in [2.24, 2.45) is 10.9 Å². The summed E-state index contributed by atoms with van der Waals surface area (Å²) in [6.07, 6.45) is 1.13. The number of oxime groups is 1. The van der Waals surface area contributed by atoms with Crippen molar-refractivity contribution in [2.45, 2.75) is 17.5 Å². The van der Waals surface area contributed by atoms with E-state index in [0.717, 1.165) is 22.9 Å². The van der Waals surface area contributed by atoms with Gasteiger partial charge in [-0.25, -0.2) is 4.79 Å². The second kappa shape index (κ2) is 8.66. The topological polar surface area (TPSA) is 180 Å². The average molecular weight is 470 g/mol. The van der Waals surface area contributed by atoms with Gasteiger partial charge in [-0.2, -0.15) is 12.7 Å². The first-order chi connectivity index (χ1) is 14.6. The Morgan fingerprint density at radius 3 is 2.58 bits per heavy atom. The normalized spacial score (nSPS) is 22.0. The molecule has 0 spiro atoms. The van der Waals surface area contributed by atoms with Crippen LogP contribution < -0.4 is 5.73 Å². The number of carboxylic acids is 1. The van der Waals surface area contributed by atoms with Crippen molar-refractivity contribution in [1.82, 2.24) is 9.21 Å². The van der Waals surface area contributed by atoms with Crippen LogP contribution in [0.5, 0.6) is 0 Å². The van der Waals surface area contributed by atoms with E-state index in [9.17, 15) is 32.5 Å². The minimum absolute atomic E-state index is 0.0227. The summed E-state index contributed by atoms with van der Waals surface area (Å²) < 4.78 is 33.8. The molecule has 2 aliphatic rings. The zero-order valence-corrected chi connectivity index (χ0v) is 17.6. The number of hydrogen-bond donors (Lipinski definition) is 3. The van der Waals surface area contributed by atoms with Crippen LogP contribution in [0, 0.1) is 0 Å². The molecule has 2 aliphatic heterocycles. The van der Waals surface area contributed by atoms with Gasteiger partial charge in [-0.3, -0.25) is 19.0 Å². The van der Waals surface area contributed by atoms with Crippen LogP contribution in [-0.4, -0.2) is 75.6 Å². The van der Waals surface area contributed by atoms with Gasteiger partial charge in [-0.15, -0.1) is 11.8 Å². The van der Waals surface area contributed by atoms with Crippen molar-refractivity contribution in [1.29, 1.82) is 0 Å². The van der Waals surface area contributed by atoms with Crippen molar-refractivity contribution in [3.8, 4) is 0 Å². The summed E-state index contributed by atoms with van der Waals surface area (Å²) in [5.41, 5.74) is 5.90. The molecule has 0 unspecified atom stereocenters. The summed E-state index contributed by atoms with van der Waals surface area (Å²) in [6, 6.07) is 4.68. The summed E-state index contributed by atoms with van der Waals surface area (Å²) in [6.45, 7) is 0. The molecule has 2 amide bonds. The summed E-state index contributed by atoms with van der Waals surface area (Å²) in [7, 11) is -3.94. The molecule has 0 saturated carbocycles. The number of β-lactam (4-membered cyclic amide) rings is 1. The summed E-state index contributed by atoms with van der Waals surface area (Å²) in [4.78, 5) is 42.8. The number of carbonyl (C=O) groups is 3. The highest BCUT2D eigenvalue weighted by Crippen LogP contribution is 2.43. The summed E-state index contributed by atoms with van der Waals surface area (Å²) in [5.74, 6) is -3.62. The molecule has 31 heavy (non-hydrogen) atoms. The van der Waals surface area contributed by atoms with Gasteiger partial charge in [0.05, 0.1) is 6.21 Å². The van der Waals surface area contributed by atoms with Crippen LogP contribution in [0.25, 0.3) is 0 Å². The fourth-order valence-corrected chi connectivity index (χ4v) is 5.51. The van der Waals surface area contributed by atoms with Crippen molar-refractivity contribution in [2.75, 3.05) is 12.9 Å². The minimum Gasteiger partial charge on any atom is -0.477 e. The predicted octanol–water partition coefficient (Wildman–Crippen LogP) is -0.428. The van der Waals surface area contributed by atoms with E-state index < -0.39 is 51.2 Å². The first kappa shape index (κ1) is 22.7. The number of carbonyl (C=O) groups excluding carboxylic acids is 2. The van der Waals surface area contributed by atoms with E-state index in [2.05, 4.69) is 9.99 Å². The van der Waals surface area contributed by atoms with Gasteiger partial charge in [0.25, 0.3) is 11.8 Å². The zero-order valence-electron chi connectivity index (χ0n) is 16.0. The lowest BCUT2D eigenvalue weighted by Gasteiger charge is -2.51. The Labute approximate surface area is 181 Å². The molecule has 1 saturated heterocycles. The third kappa shape index (κ3) is 4.14. The third-order valence-corrected chi connectivity index (χ3v) is 6.82. The number of amides is 2. The predicted molar refractivity (Wildman–Crippen MR) is 109 cm³/mol. The highest BCUT2D eigenvalue weighted by atomic mass is 32.2. The number of carboxylic acid groups (broad SMARTS) is 1. The van der Waals surface area contributed by atoms with Gasteiger partial charge in [0, 0.05) is 11.3 Å². The Hall–Kier alpha value is -2.94. The molecule has 0 radical (unpaired) electrons. The van der Waals surface area contributed by atoms with E-state index in [1.807, 2.05) is 0 Å². The van der Waals surface area contributed by atoms with Crippen LogP contribution in [0.3, 0.4) is 0 Å². The lowest BCUT2D eigenvalue weighted by molar-refractivity contribution is -0.155. The second-order valence-electron chi connectivity index (χ2n) is 6.45. The molecule has 0 bridgehead atoms. The Bertz CT molecular complexity index is 1070. The lowest BCUT2D eigenvalue weighted by atomic mass is 10.0. The molecule has 1 fully saturated rings. The van der Waals surface area contributed by atoms with E-state index in [-0.39, 0.29) is 21.2 Å². The number of rotatable bonds is 7. The molecule has 4 N–H and O–H groups in total. The van der Waals surface area contributed by atoms with Crippen molar-refractivity contribution in [3.05, 3.63) is 47.2 Å². The highest BCUT2D eigenvalue weighted by Gasteiger charge is 2.60. The molecule has 14 heteroatoms. The van der Waals surface area contributed by atoms with Crippen LogP contribution in [0.2, 0.25) is 0 Å². The fraction of sp³-hybridized carbons (Fsp3) is 0.294. The number of benzene rings is 1. The van der Waals surface area contributed by atoms with E-state index in [1.165, 1.54) is 19.2 Å². The second-order valence-corrected chi connectivity index (χ2v) is 8.84. The van der Waals surface area contributed by atoms with Gasteiger partial charge in [0.2, 0.25) is 0 Å². The Morgan fingerprint density at radius 1 is 1.39 bits per heavy atom. The van der Waals surface area contributed by atoms with Crippen LogP contribution >= 0.6 is 11.8 Å². The highest BCUT2D eigenvalue weighted by molar-refractivity contribution is 8.00. The van der Waals surface area contributed by atoms with Gasteiger partial charge < -0.3 is 15.7 Å². The third-order valence-electron chi connectivity index (χ3n) is 4.63. The first-order valence-electron chi connectivity index (χ1n) is 8.68. The number of nitrogens with zero attached hydrogens (tertiary/aromatic N) is 3. The Kier molecular flexibility index (Phi) is 6.35. The average Bonchev–Trinajstić information content (AvgIpc) is 2.73. The largest absolute Gasteiger partial charge is 0.477 e. The molecule has 2 heterocycles. The molecule has 12 nitrogen and oxygen atoms in total. The molecule has 0 aliphatic carbocycles. The van der Waals surface area contributed by atoms with E-state index in [4.69, 9.17) is 5.73 Å². The summed E-state index contributed by atoms with van der Waals surface area (Å²) in [5, 5.41) is 12.0. The molecule has 3 rings (SSSR count). The maximum atomic E-state index is 12.9. The number of thioether (sulfide) groups is 1. The van der Waals surface area contributed by atoms with Crippen molar-refractivity contribution in [3.63, 3.8) is 0 Å². The van der Waals surface area contributed by atoms with E-state index in [0.29, 0.717) is 0 Å². The number of nitrogens with two attached hydrogens (primary N) is 1. The van der Waals surface area contributed by atoms with Crippen LogP contribution in [0.1, 0.15) is 11.6 Å². The van der Waals surface area contributed by atoms with Crippen molar-refractivity contribution < 1.29 is 37.3 Å². The number of hydrogen-bond acceptors (Lipinski definition) is 9. The zero-order chi connectivity index (χ0) is 22.9. The standard InChI is InChI=1S/C17H18N4O8S2/c1-29-19-7-10-8-30-16-13(15(23)20(16)12(10)17(24)25)21(31(26,27)28)14(22)11(18)9-5-3-2-4-6-9/h2-7,11,13,16H,8,18H2,1H3,(H,24,25)(H,26,27,28)/t11-,13+,16-/m0/s1. The maximum absolute atomic E-state index is 12.9. The number of fused-ring (bicyclic) bond motifs is 1. The SMILES string of the molecule is CON=CC1=C(C(=O)O)N2C(=O)[C@@H](N(C(=O)[C@@H](N)c3ccccc3)S(=O)(=O)O)[C@@H]2SC1. The quantitative estimate of drug-likeness (QED) is 0.205. The molecule has 1 aromatic carbocycles. The Balaban J connectivity index is 1.97. The molecular weight excluding hydrogens is 452 g/mol. The molecule has 166 valence electrons. The summed E-state index contributed by atoms with van der Waals surface area (Å²) >= 11 is 1.00. The fourth-order valence-electron chi connectivity index (χ4n) is 3.26. The first-order valence-corrected chi connectivity index (χ1v) is 11.1. The minimum atomic E-state index is -5.19.